The molecule has 2 aromatic rings. The van der Waals surface area contributed by atoms with Crippen molar-refractivity contribution in [2.45, 2.75) is 6.92 Å². The minimum absolute atomic E-state index is 0.324. The molecule has 0 aliphatic rings. The number of nitrogens with zero attached hydrogens (tertiary/aromatic N) is 1. The zero-order valence-electron chi connectivity index (χ0n) is 9.10. The first-order valence-corrected chi connectivity index (χ1v) is 4.97. The Morgan fingerprint density at radius 2 is 2.29 bits per heavy atom. The van der Waals surface area contributed by atoms with E-state index in [-0.39, 0.29) is 0 Å². The number of nitro groups is 1. The first kappa shape index (κ1) is 11.1. The van der Waals surface area contributed by atoms with Crippen LogP contribution in [0.2, 0.25) is 0 Å². The van der Waals surface area contributed by atoms with Gasteiger partial charge in [0.05, 0.1) is 0 Å². The smallest absolute Gasteiger partial charge is 0.383 e. The van der Waals surface area contributed by atoms with Gasteiger partial charge < -0.3 is 9.72 Å². The van der Waals surface area contributed by atoms with Gasteiger partial charge in [-0.1, -0.05) is 12.1 Å². The molecule has 0 spiro atoms. The van der Waals surface area contributed by atoms with Gasteiger partial charge in [-0.05, 0) is 18.6 Å². The molecule has 0 saturated carbocycles. The molecule has 88 valence electrons. The van der Waals surface area contributed by atoms with E-state index in [9.17, 15) is 14.9 Å². The molecule has 6 nitrogen and oxygen atoms in total. The Balaban J connectivity index is 2.30. The molecule has 0 fully saturated rings. The maximum Gasteiger partial charge on any atom is 0.383 e. The summed E-state index contributed by atoms with van der Waals surface area (Å²) in [5.74, 6) is -0.552. The maximum absolute atomic E-state index is 11.2. The third-order valence-electron chi connectivity index (χ3n) is 2.36. The Morgan fingerprint density at radius 1 is 1.53 bits per heavy atom. The Hall–Kier alpha value is -2.37. The fourth-order valence-electron chi connectivity index (χ4n) is 1.67. The van der Waals surface area contributed by atoms with Gasteiger partial charge in [-0.2, -0.15) is 0 Å². The minimum atomic E-state index is -0.876. The van der Waals surface area contributed by atoms with E-state index in [0.29, 0.717) is 5.75 Å². The number of rotatable bonds is 3. The van der Waals surface area contributed by atoms with Crippen molar-refractivity contribution in [1.82, 2.24) is 4.98 Å². The summed E-state index contributed by atoms with van der Waals surface area (Å²) in [6, 6.07) is 5.59. The van der Waals surface area contributed by atoms with Crippen LogP contribution in [0.3, 0.4) is 0 Å². The molecule has 1 aromatic heterocycles. The van der Waals surface area contributed by atoms with Crippen molar-refractivity contribution in [3.05, 3.63) is 40.1 Å². The standard InChI is InChI=1S/C11H10N2O4/c1-7-3-2-4-8-11(7)9(5-12-8)17-10(14)6-13(15)16/h2-5,12H,6H2,1H3. The molecule has 0 unspecified atom stereocenters. The number of hydrogen-bond donors (Lipinski definition) is 1. The number of H-pyrrole nitrogens is 1. The highest BCUT2D eigenvalue weighted by Gasteiger charge is 2.15. The van der Waals surface area contributed by atoms with Crippen molar-refractivity contribution in [2.24, 2.45) is 0 Å². The van der Waals surface area contributed by atoms with E-state index < -0.39 is 17.4 Å². The van der Waals surface area contributed by atoms with Crippen LogP contribution in [0.1, 0.15) is 5.56 Å². The number of hydrogen-bond acceptors (Lipinski definition) is 4. The van der Waals surface area contributed by atoms with E-state index in [1.807, 2.05) is 25.1 Å². The van der Waals surface area contributed by atoms with E-state index in [4.69, 9.17) is 4.74 Å². The molecule has 17 heavy (non-hydrogen) atoms. The van der Waals surface area contributed by atoms with E-state index in [1.165, 1.54) is 6.20 Å². The van der Waals surface area contributed by atoms with Gasteiger partial charge in [0.1, 0.15) is 0 Å². The third-order valence-corrected chi connectivity index (χ3v) is 2.36. The molecule has 0 aliphatic carbocycles. The van der Waals surface area contributed by atoms with Gasteiger partial charge >= 0.3 is 5.97 Å². The molecule has 0 aliphatic heterocycles. The summed E-state index contributed by atoms with van der Waals surface area (Å²) in [5.41, 5.74) is 1.77. The van der Waals surface area contributed by atoms with E-state index in [1.54, 1.807) is 0 Å². The summed E-state index contributed by atoms with van der Waals surface area (Å²) in [5, 5.41) is 10.9. The summed E-state index contributed by atoms with van der Waals surface area (Å²) in [4.78, 5) is 23.6. The van der Waals surface area contributed by atoms with Crippen molar-refractivity contribution in [1.29, 1.82) is 0 Å². The van der Waals surface area contributed by atoms with Crippen molar-refractivity contribution in [3.8, 4) is 5.75 Å². The molecule has 1 heterocycles. The molecule has 0 radical (unpaired) electrons. The van der Waals surface area contributed by atoms with Gasteiger partial charge in [0.2, 0.25) is 0 Å². The number of carbonyl (C=O) groups is 1. The number of carbonyl (C=O) groups excluding carboxylic acids is 1. The third kappa shape index (κ3) is 2.25. The number of aryl methyl sites for hydroxylation is 1. The molecule has 2 rings (SSSR count). The van der Waals surface area contributed by atoms with Crippen LogP contribution in [-0.4, -0.2) is 22.4 Å². The highest BCUT2D eigenvalue weighted by molar-refractivity contribution is 5.91. The van der Waals surface area contributed by atoms with Gasteiger partial charge in [0.15, 0.2) is 5.75 Å². The predicted molar refractivity (Wildman–Crippen MR) is 60.5 cm³/mol. The SMILES string of the molecule is Cc1cccc2[nH]cc(OC(=O)C[N+](=O)[O-])c12. The zero-order valence-corrected chi connectivity index (χ0v) is 9.10. The largest absolute Gasteiger partial charge is 0.419 e. The maximum atomic E-state index is 11.2. The quantitative estimate of drug-likeness (QED) is 0.497. The van der Waals surface area contributed by atoms with E-state index >= 15 is 0 Å². The predicted octanol–water partition coefficient (Wildman–Crippen LogP) is 1.66. The average Bonchev–Trinajstić information content (AvgIpc) is 2.61. The van der Waals surface area contributed by atoms with E-state index in [2.05, 4.69) is 4.98 Å². The summed E-state index contributed by atoms with van der Waals surface area (Å²) in [6.07, 6.45) is 1.52. The van der Waals surface area contributed by atoms with Crippen LogP contribution >= 0.6 is 0 Å². The minimum Gasteiger partial charge on any atom is -0.419 e. The van der Waals surface area contributed by atoms with Crippen molar-refractivity contribution >= 4 is 16.9 Å². The van der Waals surface area contributed by atoms with Crippen molar-refractivity contribution in [3.63, 3.8) is 0 Å². The lowest BCUT2D eigenvalue weighted by Crippen LogP contribution is -2.19. The van der Waals surface area contributed by atoms with Gasteiger partial charge in [0, 0.05) is 22.0 Å². The number of aromatic nitrogens is 1. The normalized spacial score (nSPS) is 10.4. The lowest BCUT2D eigenvalue weighted by Gasteiger charge is -2.01. The lowest BCUT2D eigenvalue weighted by atomic mass is 10.1. The number of esters is 1. The monoisotopic (exact) mass is 234 g/mol. The van der Waals surface area contributed by atoms with Crippen molar-refractivity contribution < 1.29 is 14.5 Å². The summed E-state index contributed by atoms with van der Waals surface area (Å²) in [6.45, 7) is 1.04. The molecular weight excluding hydrogens is 224 g/mol. The van der Waals surface area contributed by atoms with Crippen LogP contribution in [0, 0.1) is 17.0 Å². The highest BCUT2D eigenvalue weighted by atomic mass is 16.6. The van der Waals surface area contributed by atoms with Gasteiger partial charge in [-0.15, -0.1) is 0 Å². The molecule has 1 aromatic carbocycles. The number of aromatic amines is 1. The number of nitrogens with one attached hydrogen (secondary N) is 1. The summed E-state index contributed by atoms with van der Waals surface area (Å²) < 4.78 is 4.95. The first-order chi connectivity index (χ1) is 8.08. The first-order valence-electron chi connectivity index (χ1n) is 4.97. The second-order valence-corrected chi connectivity index (χ2v) is 3.62. The van der Waals surface area contributed by atoms with Crippen LogP contribution in [0.25, 0.3) is 10.9 Å². The van der Waals surface area contributed by atoms with E-state index in [0.717, 1.165) is 16.5 Å². The van der Waals surface area contributed by atoms with Crippen LogP contribution in [-0.2, 0) is 4.79 Å². The van der Waals surface area contributed by atoms with Crippen LogP contribution in [0.15, 0.2) is 24.4 Å². The number of fused-ring (bicyclic) bond motifs is 1. The lowest BCUT2D eigenvalue weighted by molar-refractivity contribution is -0.469. The second-order valence-electron chi connectivity index (χ2n) is 3.62. The average molecular weight is 234 g/mol. The molecular formula is C11H10N2O4. The molecule has 0 amide bonds. The topological polar surface area (TPSA) is 85.2 Å². The van der Waals surface area contributed by atoms with Crippen LogP contribution in [0.4, 0.5) is 0 Å². The summed E-state index contributed by atoms with van der Waals surface area (Å²) >= 11 is 0. The molecule has 6 heteroatoms. The molecule has 0 bridgehead atoms. The fraction of sp³-hybridized carbons (Fsp3) is 0.182. The van der Waals surface area contributed by atoms with Crippen LogP contribution in [0.5, 0.6) is 5.75 Å². The fourth-order valence-corrected chi connectivity index (χ4v) is 1.67. The molecule has 0 saturated heterocycles. The van der Waals surface area contributed by atoms with Crippen molar-refractivity contribution in [2.75, 3.05) is 6.54 Å². The Kier molecular flexibility index (Phi) is 2.78. The summed E-state index contributed by atoms with van der Waals surface area (Å²) in [7, 11) is 0. The number of benzene rings is 1. The molecule has 0 atom stereocenters. The Morgan fingerprint density at radius 3 is 3.00 bits per heavy atom. The second kappa shape index (κ2) is 4.25. The molecule has 1 N–H and O–H groups in total. The Bertz CT molecular complexity index is 588. The number of ether oxygens (including phenoxy) is 1. The highest BCUT2D eigenvalue weighted by Crippen LogP contribution is 2.28. The van der Waals surface area contributed by atoms with Crippen LogP contribution < -0.4 is 4.74 Å². The van der Waals surface area contributed by atoms with Gasteiger partial charge in [-0.25, -0.2) is 4.79 Å². The van der Waals surface area contributed by atoms with Gasteiger partial charge in [-0.3, -0.25) is 10.1 Å². The zero-order chi connectivity index (χ0) is 12.4. The Labute approximate surface area is 96.3 Å². The van der Waals surface area contributed by atoms with Gasteiger partial charge in [0.25, 0.3) is 6.54 Å².